The van der Waals surface area contributed by atoms with E-state index in [1.165, 1.54) is 0 Å². The molecule has 3 N–H and O–H groups in total. The molecule has 4 rings (SSSR count). The number of amides is 3. The van der Waals surface area contributed by atoms with E-state index in [0.29, 0.717) is 12.1 Å². The Morgan fingerprint density at radius 3 is 2.50 bits per heavy atom. The lowest BCUT2D eigenvalue weighted by atomic mass is 9.65. The van der Waals surface area contributed by atoms with E-state index in [2.05, 4.69) is 38.3 Å². The molecule has 0 saturated carbocycles. The highest BCUT2D eigenvalue weighted by Gasteiger charge is 2.76. The van der Waals surface area contributed by atoms with Crippen LogP contribution in [-0.2, 0) is 14.4 Å². The molecule has 7 nitrogen and oxygen atoms in total. The number of rotatable bonds is 10. The molecular weight excluding hydrogens is 474 g/mol. The Labute approximate surface area is 219 Å². The number of aliphatic hydroxyl groups excluding tert-OH is 1. The first kappa shape index (κ1) is 27.0. The number of likely N-dealkylation sites (tertiary alicyclic amines) is 1. The van der Waals surface area contributed by atoms with Crippen LogP contribution in [0.4, 0.5) is 5.69 Å². The number of nitrogens with one attached hydrogen (secondary N) is 2. The van der Waals surface area contributed by atoms with Gasteiger partial charge in [-0.1, -0.05) is 52.3 Å². The van der Waals surface area contributed by atoms with Gasteiger partial charge in [0.15, 0.2) is 0 Å². The summed E-state index contributed by atoms with van der Waals surface area (Å²) in [4.78, 5) is 43.5. The van der Waals surface area contributed by atoms with Gasteiger partial charge in [-0.05, 0) is 50.2 Å². The van der Waals surface area contributed by atoms with E-state index in [-0.39, 0.29) is 47.5 Å². The van der Waals surface area contributed by atoms with E-state index in [9.17, 15) is 19.5 Å². The minimum Gasteiger partial charge on any atom is -0.394 e. The van der Waals surface area contributed by atoms with E-state index in [4.69, 9.17) is 0 Å². The van der Waals surface area contributed by atoms with E-state index >= 15 is 0 Å². The third kappa shape index (κ3) is 4.55. The number of fused-ring (bicyclic) bond motifs is 1. The number of para-hydroxylation sites is 1. The molecule has 3 heterocycles. The maximum Gasteiger partial charge on any atom is 0.244 e. The smallest absolute Gasteiger partial charge is 0.244 e. The summed E-state index contributed by atoms with van der Waals surface area (Å²) in [7, 11) is 0. The van der Waals surface area contributed by atoms with Gasteiger partial charge in [-0.2, -0.15) is 0 Å². The molecule has 0 radical (unpaired) electrons. The average Bonchev–Trinajstić information content (AvgIpc) is 3.41. The molecule has 8 atom stereocenters. The van der Waals surface area contributed by atoms with Gasteiger partial charge in [0.1, 0.15) is 6.04 Å². The van der Waals surface area contributed by atoms with Crippen LogP contribution in [0.5, 0.6) is 0 Å². The van der Waals surface area contributed by atoms with Crippen molar-refractivity contribution in [1.29, 1.82) is 0 Å². The van der Waals surface area contributed by atoms with Gasteiger partial charge in [-0.3, -0.25) is 14.4 Å². The van der Waals surface area contributed by atoms with Crippen molar-refractivity contribution >= 4 is 35.2 Å². The highest BCUT2D eigenvalue weighted by Crippen LogP contribution is 2.69. The molecule has 36 heavy (non-hydrogen) atoms. The normalized spacial score (nSPS) is 32.5. The van der Waals surface area contributed by atoms with Crippen LogP contribution in [0.2, 0.25) is 0 Å². The number of carbonyl (C=O) groups excluding carboxylic acids is 3. The molecule has 4 unspecified atom stereocenters. The Morgan fingerprint density at radius 1 is 1.19 bits per heavy atom. The van der Waals surface area contributed by atoms with Crippen LogP contribution in [0, 0.1) is 23.7 Å². The Morgan fingerprint density at radius 2 is 1.89 bits per heavy atom. The fraction of sp³-hybridized carbons (Fsp3) is 0.679. The Balaban J connectivity index is 1.73. The van der Waals surface area contributed by atoms with Crippen LogP contribution in [0.1, 0.15) is 60.3 Å². The molecule has 3 saturated heterocycles. The fourth-order valence-corrected chi connectivity index (χ4v) is 9.26. The van der Waals surface area contributed by atoms with Crippen molar-refractivity contribution in [3.8, 4) is 0 Å². The monoisotopic (exact) mass is 515 g/mol. The van der Waals surface area contributed by atoms with Gasteiger partial charge in [-0.25, -0.2) is 0 Å². The van der Waals surface area contributed by atoms with Gasteiger partial charge < -0.3 is 20.6 Å². The second-order valence-electron chi connectivity index (χ2n) is 11.3. The zero-order valence-corrected chi connectivity index (χ0v) is 22.9. The molecule has 1 aromatic carbocycles. The summed E-state index contributed by atoms with van der Waals surface area (Å²) in [6, 6.07) is 8.14. The van der Waals surface area contributed by atoms with Gasteiger partial charge >= 0.3 is 0 Å². The van der Waals surface area contributed by atoms with E-state index in [1.54, 1.807) is 16.7 Å². The quantitative estimate of drug-likeness (QED) is 0.442. The summed E-state index contributed by atoms with van der Waals surface area (Å²) in [5, 5.41) is 16.6. The number of hydrogen-bond donors (Lipinski definition) is 3. The van der Waals surface area contributed by atoms with Gasteiger partial charge in [-0.15, -0.1) is 11.8 Å². The summed E-state index contributed by atoms with van der Waals surface area (Å²) in [6.45, 7) is 10.1. The summed E-state index contributed by atoms with van der Waals surface area (Å²) >= 11 is 1.67. The molecule has 198 valence electrons. The van der Waals surface area contributed by atoms with Crippen molar-refractivity contribution in [1.82, 2.24) is 10.2 Å². The van der Waals surface area contributed by atoms with Crippen LogP contribution in [0.3, 0.4) is 0 Å². The molecule has 3 amide bonds. The molecule has 3 aliphatic rings. The van der Waals surface area contributed by atoms with Crippen molar-refractivity contribution in [3.05, 3.63) is 30.3 Å². The molecular formula is C28H41N3O4S. The van der Waals surface area contributed by atoms with E-state index in [0.717, 1.165) is 19.3 Å². The Kier molecular flexibility index (Phi) is 8.05. The van der Waals surface area contributed by atoms with E-state index in [1.807, 2.05) is 37.3 Å². The number of thioether (sulfide) groups is 1. The SMILES string of the molecule is CCCC(C)NC(=O)C1N([C@@H](CO)CC(C)C)C(=O)[C@@H]2[C@H](C(=O)Nc3ccccc3)[C@@H]3CC(C)C12S3. The van der Waals surface area contributed by atoms with E-state index < -0.39 is 28.7 Å². The Bertz CT molecular complexity index is 973. The number of benzene rings is 1. The largest absolute Gasteiger partial charge is 0.394 e. The molecule has 1 aromatic rings. The maximum atomic E-state index is 14.2. The van der Waals surface area contributed by atoms with Crippen LogP contribution in [0.25, 0.3) is 0 Å². The lowest BCUT2D eigenvalue weighted by molar-refractivity contribution is -0.142. The summed E-state index contributed by atoms with van der Waals surface area (Å²) in [5.74, 6) is -1.22. The topological polar surface area (TPSA) is 98.7 Å². The minimum atomic E-state index is -0.704. The second kappa shape index (κ2) is 10.7. The van der Waals surface area contributed by atoms with Gasteiger partial charge in [0.25, 0.3) is 0 Å². The molecule has 0 aromatic heterocycles. The lowest BCUT2D eigenvalue weighted by Crippen LogP contribution is -2.59. The molecule has 0 aliphatic carbocycles. The van der Waals surface area contributed by atoms with Crippen molar-refractivity contribution in [3.63, 3.8) is 0 Å². The highest BCUT2D eigenvalue weighted by atomic mass is 32.2. The average molecular weight is 516 g/mol. The Hall–Kier alpha value is -2.06. The first-order valence-corrected chi connectivity index (χ1v) is 14.3. The highest BCUT2D eigenvalue weighted by molar-refractivity contribution is 8.02. The zero-order chi connectivity index (χ0) is 26.2. The van der Waals surface area contributed by atoms with Gasteiger partial charge in [0, 0.05) is 17.0 Å². The molecule has 3 aliphatic heterocycles. The van der Waals surface area contributed by atoms with Crippen LogP contribution >= 0.6 is 11.8 Å². The summed E-state index contributed by atoms with van der Waals surface area (Å²) < 4.78 is -0.680. The van der Waals surface area contributed by atoms with Crippen molar-refractivity contribution in [2.75, 3.05) is 11.9 Å². The molecule has 8 heteroatoms. The van der Waals surface area contributed by atoms with Crippen LogP contribution < -0.4 is 10.6 Å². The predicted octanol–water partition coefficient (Wildman–Crippen LogP) is 3.67. The minimum absolute atomic E-state index is 0.0105. The van der Waals surface area contributed by atoms with Crippen LogP contribution in [0.15, 0.2) is 30.3 Å². The number of aliphatic hydroxyl groups is 1. The molecule has 1 spiro atoms. The predicted molar refractivity (Wildman–Crippen MR) is 143 cm³/mol. The summed E-state index contributed by atoms with van der Waals surface area (Å²) in [5.41, 5.74) is 0.704. The first-order chi connectivity index (χ1) is 17.1. The van der Waals surface area contributed by atoms with Crippen molar-refractivity contribution in [2.45, 2.75) is 88.4 Å². The summed E-state index contributed by atoms with van der Waals surface area (Å²) in [6.07, 6.45) is 3.19. The van der Waals surface area contributed by atoms with Crippen molar-refractivity contribution < 1.29 is 19.5 Å². The number of nitrogens with zero attached hydrogens (tertiary/aromatic N) is 1. The lowest BCUT2D eigenvalue weighted by Gasteiger charge is -2.40. The number of carbonyl (C=O) groups is 3. The first-order valence-electron chi connectivity index (χ1n) is 13.4. The third-order valence-corrected chi connectivity index (χ3v) is 10.3. The third-order valence-electron chi connectivity index (χ3n) is 8.23. The van der Waals surface area contributed by atoms with Gasteiger partial charge in [0.05, 0.1) is 29.2 Å². The second-order valence-corrected chi connectivity index (χ2v) is 12.9. The van der Waals surface area contributed by atoms with Crippen molar-refractivity contribution in [2.24, 2.45) is 23.7 Å². The van der Waals surface area contributed by atoms with Gasteiger partial charge in [0.2, 0.25) is 17.7 Å². The molecule has 2 bridgehead atoms. The number of anilines is 1. The zero-order valence-electron chi connectivity index (χ0n) is 22.1. The molecule has 3 fully saturated rings. The standard InChI is InChI=1S/C28H41N3O4S/c1-6-10-18(5)29-26(34)24-28-17(4)14-21(36-28)22(25(33)30-19-11-8-7-9-12-19)23(28)27(35)31(24)20(15-32)13-16(2)3/h7-9,11-12,16-18,20-24,32H,6,10,13-15H2,1-5H3,(H,29,34)(H,30,33)/t17?,18?,20-,21+,22-,23+,24?,28?/m1/s1. The maximum absolute atomic E-state index is 14.2. The number of hydrogen-bond acceptors (Lipinski definition) is 5. The van der Waals surface area contributed by atoms with Crippen LogP contribution in [-0.4, -0.2) is 62.5 Å². The fourth-order valence-electron chi connectivity index (χ4n) is 6.85.